The number of aromatic nitrogens is 7. The Morgan fingerprint density at radius 2 is 1.86 bits per heavy atom. The zero-order valence-corrected chi connectivity index (χ0v) is 16.9. The second-order valence-electron chi connectivity index (χ2n) is 6.24. The Morgan fingerprint density at radius 3 is 2.57 bits per heavy atom. The number of hydrogen-bond acceptors (Lipinski definition) is 5. The molecule has 142 valence electrons. The summed E-state index contributed by atoms with van der Waals surface area (Å²) in [6.45, 7) is 5.72. The van der Waals surface area contributed by atoms with E-state index in [9.17, 15) is 0 Å². The Balaban J connectivity index is 1.71. The highest BCUT2D eigenvalue weighted by Crippen LogP contribution is 2.24. The van der Waals surface area contributed by atoms with Crippen molar-refractivity contribution in [1.82, 2.24) is 34.4 Å². The van der Waals surface area contributed by atoms with Crippen LogP contribution in [0.3, 0.4) is 0 Å². The van der Waals surface area contributed by atoms with Crippen LogP contribution in [0.4, 0.5) is 0 Å². The van der Waals surface area contributed by atoms with Crippen LogP contribution in [0.15, 0.2) is 41.8 Å². The van der Waals surface area contributed by atoms with Crippen LogP contribution >= 0.6 is 23.2 Å². The van der Waals surface area contributed by atoms with Gasteiger partial charge in [-0.1, -0.05) is 29.3 Å². The minimum Gasteiger partial charge on any atom is -0.221 e. The average Bonchev–Trinajstić information content (AvgIpc) is 3.31. The lowest BCUT2D eigenvalue weighted by molar-refractivity contribution is 0.717. The predicted octanol–water partition coefficient (Wildman–Crippen LogP) is 3.76. The fourth-order valence-corrected chi connectivity index (χ4v) is 3.34. The lowest BCUT2D eigenvalue weighted by Crippen LogP contribution is -2.06. The van der Waals surface area contributed by atoms with E-state index in [0.717, 1.165) is 22.8 Å². The summed E-state index contributed by atoms with van der Waals surface area (Å²) in [4.78, 5) is 0. The monoisotopic (exact) mass is 414 g/mol. The van der Waals surface area contributed by atoms with Crippen molar-refractivity contribution in [3.63, 3.8) is 0 Å². The van der Waals surface area contributed by atoms with Gasteiger partial charge in [0.1, 0.15) is 11.5 Å². The van der Waals surface area contributed by atoms with E-state index in [-0.39, 0.29) is 0 Å². The van der Waals surface area contributed by atoms with Crippen molar-refractivity contribution in [3.05, 3.63) is 69.5 Å². The number of benzene rings is 1. The summed E-state index contributed by atoms with van der Waals surface area (Å²) in [6, 6.07) is 9.27. The van der Waals surface area contributed by atoms with E-state index in [0.29, 0.717) is 21.7 Å². The molecule has 3 aromatic heterocycles. The molecule has 0 bridgehead atoms. The lowest BCUT2D eigenvalue weighted by Gasteiger charge is -2.03. The van der Waals surface area contributed by atoms with Crippen LogP contribution in [-0.4, -0.2) is 40.6 Å². The molecule has 28 heavy (non-hydrogen) atoms. The van der Waals surface area contributed by atoms with Gasteiger partial charge < -0.3 is 0 Å². The largest absolute Gasteiger partial charge is 0.273 e. The van der Waals surface area contributed by atoms with Crippen molar-refractivity contribution in [2.45, 2.75) is 20.8 Å². The molecule has 0 fully saturated rings. The molecule has 0 atom stereocenters. The van der Waals surface area contributed by atoms with Crippen molar-refractivity contribution >= 4 is 29.4 Å². The molecule has 0 aliphatic heterocycles. The Kier molecular flexibility index (Phi) is 4.74. The van der Waals surface area contributed by atoms with E-state index in [2.05, 4.69) is 25.5 Å². The van der Waals surface area contributed by atoms with Crippen LogP contribution < -0.4 is 0 Å². The third-order valence-electron chi connectivity index (χ3n) is 4.12. The van der Waals surface area contributed by atoms with Gasteiger partial charge in [0, 0.05) is 10.7 Å². The van der Waals surface area contributed by atoms with E-state index in [1.54, 1.807) is 27.7 Å². The molecule has 4 rings (SSSR count). The topological polar surface area (TPSA) is 78.7 Å². The second kappa shape index (κ2) is 7.21. The standard InChI is InChI=1S/C18H16Cl2N8/c1-11-7-12(2)27(24-11)18-23-21-10-26(18)22-9-16-13(3)25-28(17(16)20)15-6-4-5-14(19)8-15/h4-10H,1-3H3/b22-9-. The summed E-state index contributed by atoms with van der Waals surface area (Å²) in [5.41, 5.74) is 4.01. The molecular formula is C18H16Cl2N8. The van der Waals surface area contributed by atoms with Gasteiger partial charge in [-0.3, -0.25) is 0 Å². The van der Waals surface area contributed by atoms with Gasteiger partial charge in [0.05, 0.1) is 28.9 Å². The van der Waals surface area contributed by atoms with Gasteiger partial charge in [-0.2, -0.15) is 20.0 Å². The molecular weight excluding hydrogens is 399 g/mol. The Labute approximate surface area is 171 Å². The van der Waals surface area contributed by atoms with E-state index >= 15 is 0 Å². The molecule has 8 nitrogen and oxygen atoms in total. The summed E-state index contributed by atoms with van der Waals surface area (Å²) >= 11 is 12.6. The molecule has 0 aliphatic carbocycles. The predicted molar refractivity (Wildman–Crippen MR) is 108 cm³/mol. The zero-order valence-electron chi connectivity index (χ0n) is 15.4. The summed E-state index contributed by atoms with van der Waals surface area (Å²) < 4.78 is 4.84. The molecule has 1 aromatic carbocycles. The highest BCUT2D eigenvalue weighted by atomic mass is 35.5. The number of hydrogen-bond donors (Lipinski definition) is 0. The number of nitrogens with zero attached hydrogens (tertiary/aromatic N) is 8. The molecule has 0 spiro atoms. The molecule has 0 amide bonds. The van der Waals surface area contributed by atoms with Crippen molar-refractivity contribution < 1.29 is 0 Å². The smallest absolute Gasteiger partial charge is 0.221 e. The van der Waals surface area contributed by atoms with E-state index < -0.39 is 0 Å². The summed E-state index contributed by atoms with van der Waals surface area (Å²) in [5.74, 6) is 0.484. The van der Waals surface area contributed by atoms with Crippen LogP contribution in [-0.2, 0) is 0 Å². The molecule has 3 heterocycles. The molecule has 0 N–H and O–H groups in total. The minimum atomic E-state index is 0.434. The van der Waals surface area contributed by atoms with Gasteiger partial charge in [-0.15, -0.1) is 10.2 Å². The third kappa shape index (κ3) is 3.32. The van der Waals surface area contributed by atoms with Crippen molar-refractivity contribution in [2.24, 2.45) is 5.10 Å². The van der Waals surface area contributed by atoms with E-state index in [1.807, 2.05) is 39.0 Å². The van der Waals surface area contributed by atoms with Gasteiger partial charge in [-0.05, 0) is 45.0 Å². The quantitative estimate of drug-likeness (QED) is 0.476. The average molecular weight is 415 g/mol. The molecule has 0 radical (unpaired) electrons. The number of rotatable bonds is 4. The number of aryl methyl sites for hydroxylation is 3. The van der Waals surface area contributed by atoms with Gasteiger partial charge in [0.25, 0.3) is 5.95 Å². The Morgan fingerprint density at radius 1 is 1.04 bits per heavy atom. The lowest BCUT2D eigenvalue weighted by atomic mass is 10.3. The Hall–Kier alpha value is -2.97. The normalized spacial score (nSPS) is 11.6. The van der Waals surface area contributed by atoms with Gasteiger partial charge in [-0.25, -0.2) is 9.36 Å². The fourth-order valence-electron chi connectivity index (χ4n) is 2.83. The Bertz CT molecular complexity index is 1180. The fraction of sp³-hybridized carbons (Fsp3) is 0.167. The van der Waals surface area contributed by atoms with Crippen LogP contribution in [0.5, 0.6) is 0 Å². The first-order valence-electron chi connectivity index (χ1n) is 8.43. The minimum absolute atomic E-state index is 0.434. The van der Waals surface area contributed by atoms with E-state index in [4.69, 9.17) is 23.2 Å². The third-order valence-corrected chi connectivity index (χ3v) is 4.72. The van der Waals surface area contributed by atoms with Crippen LogP contribution in [0.2, 0.25) is 10.2 Å². The summed E-state index contributed by atoms with van der Waals surface area (Å²) in [6.07, 6.45) is 3.14. The maximum Gasteiger partial charge on any atom is 0.273 e. The summed E-state index contributed by atoms with van der Waals surface area (Å²) in [7, 11) is 0. The first-order chi connectivity index (χ1) is 13.4. The maximum atomic E-state index is 6.55. The maximum absolute atomic E-state index is 6.55. The highest BCUT2D eigenvalue weighted by molar-refractivity contribution is 6.32. The van der Waals surface area contributed by atoms with Crippen molar-refractivity contribution in [1.29, 1.82) is 0 Å². The zero-order chi connectivity index (χ0) is 19.8. The van der Waals surface area contributed by atoms with Gasteiger partial charge >= 0.3 is 0 Å². The SMILES string of the molecule is Cc1cc(C)n(-c2nncn2/N=C\c2c(C)nn(-c3cccc(Cl)c3)c2Cl)n1. The molecule has 4 aromatic rings. The van der Waals surface area contributed by atoms with Crippen molar-refractivity contribution in [2.75, 3.05) is 0 Å². The van der Waals surface area contributed by atoms with E-state index in [1.165, 1.54) is 11.0 Å². The van der Waals surface area contributed by atoms with Gasteiger partial charge in [0.15, 0.2) is 0 Å². The second-order valence-corrected chi connectivity index (χ2v) is 7.04. The van der Waals surface area contributed by atoms with Crippen LogP contribution in [0, 0.1) is 20.8 Å². The molecule has 0 aliphatic rings. The first kappa shape index (κ1) is 18.4. The molecule has 0 unspecified atom stereocenters. The number of halogens is 2. The van der Waals surface area contributed by atoms with Gasteiger partial charge in [0.2, 0.25) is 0 Å². The van der Waals surface area contributed by atoms with Crippen LogP contribution in [0.25, 0.3) is 11.6 Å². The molecule has 10 heteroatoms. The first-order valence-corrected chi connectivity index (χ1v) is 9.18. The molecule has 0 saturated carbocycles. The molecule has 0 saturated heterocycles. The van der Waals surface area contributed by atoms with Crippen LogP contribution in [0.1, 0.15) is 22.6 Å². The summed E-state index contributed by atoms with van der Waals surface area (Å²) in [5, 5.41) is 22.5. The highest BCUT2D eigenvalue weighted by Gasteiger charge is 2.15. The van der Waals surface area contributed by atoms with Crippen molar-refractivity contribution in [3.8, 4) is 11.6 Å².